The molecule has 1 aliphatic carbocycles. The second-order valence-electron chi connectivity index (χ2n) is 5.59. The summed E-state index contributed by atoms with van der Waals surface area (Å²) in [6, 6.07) is 0. The highest BCUT2D eigenvalue weighted by atomic mass is 35.5. The summed E-state index contributed by atoms with van der Waals surface area (Å²) in [4.78, 5) is 13.0. The van der Waals surface area contributed by atoms with Gasteiger partial charge in [0.15, 0.2) is 0 Å². The van der Waals surface area contributed by atoms with Crippen molar-refractivity contribution in [1.29, 1.82) is 0 Å². The second kappa shape index (κ2) is 6.03. The Morgan fingerprint density at radius 3 is 2.76 bits per heavy atom. The molecular weight excluding hydrogens is 240 g/mol. The number of carbonyl (C=O) groups is 1. The molecule has 2 aliphatic rings. The van der Waals surface area contributed by atoms with Gasteiger partial charge in [-0.25, -0.2) is 0 Å². The van der Waals surface area contributed by atoms with Crippen molar-refractivity contribution >= 4 is 18.4 Å². The monoisotopic (exact) mass is 262 g/mol. The van der Waals surface area contributed by atoms with Crippen LogP contribution in [0.2, 0.25) is 0 Å². The smallest absolute Gasteiger partial charge is 0.317 e. The Labute approximate surface area is 109 Å². The highest BCUT2D eigenvalue weighted by Gasteiger charge is 2.35. The van der Waals surface area contributed by atoms with E-state index < -0.39 is 5.97 Å². The maximum Gasteiger partial charge on any atom is 0.317 e. The molecule has 2 rings (SSSR count). The van der Waals surface area contributed by atoms with Gasteiger partial charge in [0, 0.05) is 25.2 Å². The molecule has 0 bridgehead atoms. The third-order valence-electron chi connectivity index (χ3n) is 3.96. The molecule has 1 saturated carbocycles. The van der Waals surface area contributed by atoms with Gasteiger partial charge in [0.25, 0.3) is 0 Å². The fourth-order valence-corrected chi connectivity index (χ4v) is 2.69. The molecule has 0 spiro atoms. The Morgan fingerprint density at radius 1 is 1.53 bits per heavy atom. The van der Waals surface area contributed by atoms with E-state index in [0.717, 1.165) is 25.4 Å². The lowest BCUT2D eigenvalue weighted by molar-refractivity contribution is -0.136. The van der Waals surface area contributed by atoms with Crippen LogP contribution in [0.4, 0.5) is 0 Å². The minimum absolute atomic E-state index is 0. The van der Waals surface area contributed by atoms with E-state index in [-0.39, 0.29) is 24.5 Å². The van der Waals surface area contributed by atoms with Gasteiger partial charge >= 0.3 is 5.97 Å². The standard InChI is InChI=1S/C12H22N2O2.ClH/c1-12(13-7-11(15)16)5-6-14(9-12)8-10-3-2-4-10;/h10,13H,2-9H2,1H3,(H,15,16);1H. The number of nitrogens with zero attached hydrogens (tertiary/aromatic N) is 1. The van der Waals surface area contributed by atoms with E-state index >= 15 is 0 Å². The van der Waals surface area contributed by atoms with Gasteiger partial charge in [0.05, 0.1) is 6.54 Å². The molecule has 1 atom stereocenters. The first-order valence-corrected chi connectivity index (χ1v) is 6.27. The Morgan fingerprint density at radius 2 is 2.24 bits per heavy atom. The van der Waals surface area contributed by atoms with Crippen LogP contribution >= 0.6 is 12.4 Å². The number of rotatable bonds is 5. The van der Waals surface area contributed by atoms with E-state index in [0.29, 0.717) is 0 Å². The van der Waals surface area contributed by atoms with Crippen LogP contribution in [0.15, 0.2) is 0 Å². The van der Waals surface area contributed by atoms with Crippen LogP contribution in [0.3, 0.4) is 0 Å². The molecule has 4 nitrogen and oxygen atoms in total. The third-order valence-corrected chi connectivity index (χ3v) is 3.96. The first kappa shape index (κ1) is 14.7. The molecule has 1 aliphatic heterocycles. The largest absolute Gasteiger partial charge is 0.480 e. The molecule has 1 saturated heterocycles. The average molecular weight is 263 g/mol. The SMILES string of the molecule is CC1(NCC(=O)O)CCN(CC2CCC2)C1.Cl. The summed E-state index contributed by atoms with van der Waals surface area (Å²) in [5.74, 6) is 0.139. The zero-order valence-electron chi connectivity index (χ0n) is 10.4. The van der Waals surface area contributed by atoms with Gasteiger partial charge in [-0.2, -0.15) is 0 Å². The summed E-state index contributed by atoms with van der Waals surface area (Å²) in [6.45, 7) is 5.53. The highest BCUT2D eigenvalue weighted by Crippen LogP contribution is 2.30. The molecule has 0 radical (unpaired) electrons. The third kappa shape index (κ3) is 4.12. The minimum atomic E-state index is -0.765. The predicted molar refractivity (Wildman–Crippen MR) is 69.7 cm³/mol. The van der Waals surface area contributed by atoms with Gasteiger partial charge < -0.3 is 15.3 Å². The van der Waals surface area contributed by atoms with Gasteiger partial charge in [-0.05, 0) is 32.1 Å². The van der Waals surface area contributed by atoms with Gasteiger partial charge in [-0.1, -0.05) is 6.42 Å². The van der Waals surface area contributed by atoms with E-state index in [1.54, 1.807) is 0 Å². The minimum Gasteiger partial charge on any atom is -0.480 e. The summed E-state index contributed by atoms with van der Waals surface area (Å²) < 4.78 is 0. The summed E-state index contributed by atoms with van der Waals surface area (Å²) in [5, 5.41) is 11.8. The highest BCUT2D eigenvalue weighted by molar-refractivity contribution is 5.85. The summed E-state index contributed by atoms with van der Waals surface area (Å²) in [5.41, 5.74) is 0.00212. The van der Waals surface area contributed by atoms with Crippen LogP contribution in [0.1, 0.15) is 32.6 Å². The first-order valence-electron chi connectivity index (χ1n) is 6.27. The van der Waals surface area contributed by atoms with E-state index in [9.17, 15) is 4.79 Å². The number of carboxylic acids is 1. The molecule has 0 amide bonds. The average Bonchev–Trinajstić information content (AvgIpc) is 2.52. The van der Waals surface area contributed by atoms with Crippen LogP contribution in [0.5, 0.6) is 0 Å². The number of carboxylic acid groups (broad SMARTS) is 1. The molecule has 17 heavy (non-hydrogen) atoms. The van der Waals surface area contributed by atoms with Crippen molar-refractivity contribution in [3.63, 3.8) is 0 Å². The first-order chi connectivity index (χ1) is 7.57. The van der Waals surface area contributed by atoms with Crippen LogP contribution in [-0.4, -0.2) is 47.7 Å². The molecule has 2 N–H and O–H groups in total. The molecule has 0 aromatic carbocycles. The summed E-state index contributed by atoms with van der Waals surface area (Å²) >= 11 is 0. The normalized spacial score (nSPS) is 29.7. The molecule has 0 aromatic rings. The van der Waals surface area contributed by atoms with E-state index in [4.69, 9.17) is 5.11 Å². The maximum absolute atomic E-state index is 10.5. The fourth-order valence-electron chi connectivity index (χ4n) is 2.69. The Bertz CT molecular complexity index is 271. The number of hydrogen-bond donors (Lipinski definition) is 2. The molecule has 0 aromatic heterocycles. The Hall–Kier alpha value is -0.320. The van der Waals surface area contributed by atoms with Gasteiger partial charge in [-0.15, -0.1) is 12.4 Å². The van der Waals surface area contributed by atoms with Crippen molar-refractivity contribution < 1.29 is 9.90 Å². The molecule has 100 valence electrons. The molecule has 5 heteroatoms. The van der Waals surface area contributed by atoms with Crippen LogP contribution in [-0.2, 0) is 4.79 Å². The second-order valence-corrected chi connectivity index (χ2v) is 5.59. The van der Waals surface area contributed by atoms with Gasteiger partial charge in [-0.3, -0.25) is 4.79 Å². The fraction of sp³-hybridized carbons (Fsp3) is 0.917. The number of likely N-dealkylation sites (tertiary alicyclic amines) is 1. The zero-order chi connectivity index (χ0) is 11.6. The van der Waals surface area contributed by atoms with Crippen molar-refractivity contribution in [2.45, 2.75) is 38.1 Å². The number of aliphatic carboxylic acids is 1. The lowest BCUT2D eigenvalue weighted by atomic mass is 9.85. The molecular formula is C12H23ClN2O2. The molecule has 1 unspecified atom stereocenters. The van der Waals surface area contributed by atoms with Crippen molar-refractivity contribution in [3.05, 3.63) is 0 Å². The Kier molecular flexibility index (Phi) is 5.22. The number of halogens is 1. The van der Waals surface area contributed by atoms with Crippen LogP contribution in [0.25, 0.3) is 0 Å². The Balaban J connectivity index is 0.00000144. The molecule has 1 heterocycles. The van der Waals surface area contributed by atoms with E-state index in [1.807, 2.05) is 0 Å². The predicted octanol–water partition coefficient (Wildman–Crippen LogP) is 1.35. The lowest BCUT2D eigenvalue weighted by Crippen LogP contribution is -2.47. The molecule has 2 fully saturated rings. The van der Waals surface area contributed by atoms with Crippen LogP contribution < -0.4 is 5.32 Å². The van der Waals surface area contributed by atoms with Crippen molar-refractivity contribution in [2.24, 2.45) is 5.92 Å². The van der Waals surface area contributed by atoms with E-state index in [1.165, 1.54) is 25.8 Å². The van der Waals surface area contributed by atoms with E-state index in [2.05, 4.69) is 17.1 Å². The summed E-state index contributed by atoms with van der Waals surface area (Å²) in [6.07, 6.45) is 5.23. The van der Waals surface area contributed by atoms with Crippen molar-refractivity contribution in [1.82, 2.24) is 10.2 Å². The number of nitrogens with one attached hydrogen (secondary N) is 1. The lowest BCUT2D eigenvalue weighted by Gasteiger charge is -2.31. The zero-order valence-corrected chi connectivity index (χ0v) is 11.3. The topological polar surface area (TPSA) is 52.6 Å². The van der Waals surface area contributed by atoms with Crippen molar-refractivity contribution in [3.8, 4) is 0 Å². The summed E-state index contributed by atoms with van der Waals surface area (Å²) in [7, 11) is 0. The number of hydrogen-bond acceptors (Lipinski definition) is 3. The van der Waals surface area contributed by atoms with Crippen LogP contribution in [0, 0.1) is 5.92 Å². The maximum atomic E-state index is 10.5. The van der Waals surface area contributed by atoms with Crippen molar-refractivity contribution in [2.75, 3.05) is 26.2 Å². The van der Waals surface area contributed by atoms with Gasteiger partial charge in [0.1, 0.15) is 0 Å². The quantitative estimate of drug-likeness (QED) is 0.785. The van der Waals surface area contributed by atoms with Gasteiger partial charge in [0.2, 0.25) is 0 Å².